The van der Waals surface area contributed by atoms with Gasteiger partial charge in [-0.15, -0.1) is 10.2 Å². The van der Waals surface area contributed by atoms with E-state index in [1.54, 1.807) is 0 Å². The third kappa shape index (κ3) is 4.20. The molecule has 118 valence electrons. The molecule has 0 bridgehead atoms. The molecule has 22 heavy (non-hydrogen) atoms. The Morgan fingerprint density at radius 2 is 1.91 bits per heavy atom. The summed E-state index contributed by atoms with van der Waals surface area (Å²) in [7, 11) is -0.965. The molecular formula is C16H20N2O2S2. The van der Waals surface area contributed by atoms with Crippen LogP contribution in [-0.2, 0) is 10.8 Å². The van der Waals surface area contributed by atoms with E-state index in [0.29, 0.717) is 22.6 Å². The number of nitrogens with zero attached hydrogens (tertiary/aromatic N) is 2. The highest BCUT2D eigenvalue weighted by molar-refractivity contribution is 8.00. The first-order valence-corrected chi connectivity index (χ1v) is 10.0. The van der Waals surface area contributed by atoms with E-state index in [1.807, 2.05) is 30.3 Å². The Balaban J connectivity index is 1.48. The van der Waals surface area contributed by atoms with Crippen molar-refractivity contribution in [2.45, 2.75) is 48.1 Å². The van der Waals surface area contributed by atoms with Gasteiger partial charge < -0.3 is 4.42 Å². The Bertz CT molecular complexity index is 610. The molecule has 0 spiro atoms. The van der Waals surface area contributed by atoms with Gasteiger partial charge in [0.25, 0.3) is 5.22 Å². The summed E-state index contributed by atoms with van der Waals surface area (Å²) in [5.74, 6) is 2.53. The van der Waals surface area contributed by atoms with E-state index < -0.39 is 10.8 Å². The maximum atomic E-state index is 12.1. The normalized spacial score (nSPS) is 17.5. The van der Waals surface area contributed by atoms with Gasteiger partial charge in [0, 0.05) is 22.3 Å². The van der Waals surface area contributed by atoms with E-state index in [-0.39, 0.29) is 0 Å². The molecule has 0 saturated heterocycles. The molecule has 6 heteroatoms. The van der Waals surface area contributed by atoms with Crippen LogP contribution >= 0.6 is 11.8 Å². The minimum atomic E-state index is -0.965. The van der Waals surface area contributed by atoms with E-state index in [4.69, 9.17) is 4.42 Å². The number of hydrogen-bond acceptors (Lipinski definition) is 5. The first-order chi connectivity index (χ1) is 10.8. The number of rotatable bonds is 6. The molecule has 0 aliphatic heterocycles. The largest absolute Gasteiger partial charge is 0.416 e. The quantitative estimate of drug-likeness (QED) is 0.746. The minimum absolute atomic E-state index is 0.439. The zero-order chi connectivity index (χ0) is 15.2. The smallest absolute Gasteiger partial charge is 0.276 e. The lowest BCUT2D eigenvalue weighted by atomic mass is 9.89. The maximum absolute atomic E-state index is 12.1. The van der Waals surface area contributed by atoms with Crippen molar-refractivity contribution in [2.24, 2.45) is 0 Å². The molecule has 1 heterocycles. The van der Waals surface area contributed by atoms with Crippen LogP contribution < -0.4 is 0 Å². The number of hydrogen-bond donors (Lipinski definition) is 0. The summed E-state index contributed by atoms with van der Waals surface area (Å²) < 4.78 is 17.9. The van der Waals surface area contributed by atoms with Gasteiger partial charge in [-0.2, -0.15) is 0 Å². The molecule has 1 aliphatic rings. The monoisotopic (exact) mass is 336 g/mol. The predicted octanol–water partition coefficient (Wildman–Crippen LogP) is 4.02. The van der Waals surface area contributed by atoms with Gasteiger partial charge in [0.1, 0.15) is 0 Å². The van der Waals surface area contributed by atoms with Crippen molar-refractivity contribution in [1.29, 1.82) is 0 Å². The lowest BCUT2D eigenvalue weighted by Crippen LogP contribution is -2.04. The van der Waals surface area contributed by atoms with Gasteiger partial charge in [-0.1, -0.05) is 49.2 Å². The zero-order valence-electron chi connectivity index (χ0n) is 12.4. The van der Waals surface area contributed by atoms with Gasteiger partial charge >= 0.3 is 0 Å². The van der Waals surface area contributed by atoms with Crippen LogP contribution in [0, 0.1) is 0 Å². The standard InChI is InChI=1S/C16H20N2O2S2/c19-22(14-9-5-2-6-10-14)12-11-21-16-18-17-15(20-16)13-7-3-1-4-8-13/h2,5-6,9-10,13H,1,3-4,7-8,11-12H2/t22-/m1/s1. The summed E-state index contributed by atoms with van der Waals surface area (Å²) >= 11 is 1.49. The van der Waals surface area contributed by atoms with Crippen LogP contribution in [-0.4, -0.2) is 25.9 Å². The molecule has 2 aromatic rings. The molecule has 0 N–H and O–H groups in total. The van der Waals surface area contributed by atoms with E-state index in [0.717, 1.165) is 23.6 Å². The fourth-order valence-electron chi connectivity index (χ4n) is 2.69. The van der Waals surface area contributed by atoms with Crippen molar-refractivity contribution in [3.05, 3.63) is 36.2 Å². The summed E-state index contributed by atoms with van der Waals surface area (Å²) in [5.41, 5.74) is 0. The summed E-state index contributed by atoms with van der Waals surface area (Å²) in [5, 5.41) is 8.89. The summed E-state index contributed by atoms with van der Waals surface area (Å²) in [4.78, 5) is 0.872. The van der Waals surface area contributed by atoms with Gasteiger partial charge in [-0.3, -0.25) is 4.21 Å². The van der Waals surface area contributed by atoms with Crippen molar-refractivity contribution in [3.63, 3.8) is 0 Å². The summed E-state index contributed by atoms with van der Waals surface area (Å²) in [6, 6.07) is 9.55. The molecule has 1 aliphatic carbocycles. The van der Waals surface area contributed by atoms with Crippen molar-refractivity contribution in [2.75, 3.05) is 11.5 Å². The lowest BCUT2D eigenvalue weighted by molar-refractivity contribution is 0.334. The van der Waals surface area contributed by atoms with Gasteiger partial charge in [-0.05, 0) is 25.0 Å². The highest BCUT2D eigenvalue weighted by atomic mass is 32.2. The van der Waals surface area contributed by atoms with Crippen molar-refractivity contribution >= 4 is 22.6 Å². The summed E-state index contributed by atoms with van der Waals surface area (Å²) in [6.07, 6.45) is 6.14. The van der Waals surface area contributed by atoms with Gasteiger partial charge in [-0.25, -0.2) is 0 Å². The molecule has 0 unspecified atom stereocenters. The number of thioether (sulfide) groups is 1. The average molecular weight is 336 g/mol. The van der Waals surface area contributed by atoms with Crippen LogP contribution in [0.5, 0.6) is 0 Å². The third-order valence-electron chi connectivity index (χ3n) is 3.88. The SMILES string of the molecule is O=[S@](CCSc1nnc(C2CCCCC2)o1)c1ccccc1. The van der Waals surface area contributed by atoms with Crippen LogP contribution in [0.3, 0.4) is 0 Å². The van der Waals surface area contributed by atoms with Crippen molar-refractivity contribution < 1.29 is 8.63 Å². The van der Waals surface area contributed by atoms with Crippen molar-refractivity contribution in [1.82, 2.24) is 10.2 Å². The van der Waals surface area contributed by atoms with Gasteiger partial charge in [0.15, 0.2) is 0 Å². The lowest BCUT2D eigenvalue weighted by Gasteiger charge is -2.17. The third-order valence-corrected chi connectivity index (χ3v) is 6.33. The second-order valence-electron chi connectivity index (χ2n) is 5.45. The molecular weight excluding hydrogens is 316 g/mol. The second-order valence-corrected chi connectivity index (χ2v) is 8.07. The van der Waals surface area contributed by atoms with E-state index >= 15 is 0 Å². The zero-order valence-corrected chi connectivity index (χ0v) is 14.1. The van der Waals surface area contributed by atoms with Gasteiger partial charge in [0.2, 0.25) is 5.89 Å². The molecule has 3 rings (SSSR count). The molecule has 0 radical (unpaired) electrons. The highest BCUT2D eigenvalue weighted by Crippen LogP contribution is 2.32. The van der Waals surface area contributed by atoms with Crippen LogP contribution in [0.2, 0.25) is 0 Å². The van der Waals surface area contributed by atoms with E-state index in [2.05, 4.69) is 10.2 Å². The van der Waals surface area contributed by atoms with Crippen LogP contribution in [0.1, 0.15) is 43.9 Å². The van der Waals surface area contributed by atoms with E-state index in [9.17, 15) is 4.21 Å². The minimum Gasteiger partial charge on any atom is -0.416 e. The Hall–Kier alpha value is -1.14. The molecule has 0 amide bonds. The maximum Gasteiger partial charge on any atom is 0.276 e. The van der Waals surface area contributed by atoms with Crippen LogP contribution in [0.15, 0.2) is 44.9 Å². The van der Waals surface area contributed by atoms with Crippen molar-refractivity contribution in [3.8, 4) is 0 Å². The Kier molecular flexibility index (Phi) is 5.67. The Morgan fingerprint density at radius 1 is 1.14 bits per heavy atom. The molecule has 1 aromatic heterocycles. The Morgan fingerprint density at radius 3 is 2.68 bits per heavy atom. The topological polar surface area (TPSA) is 56.0 Å². The number of benzene rings is 1. The molecule has 1 fully saturated rings. The highest BCUT2D eigenvalue weighted by Gasteiger charge is 2.21. The molecule has 1 atom stereocenters. The van der Waals surface area contributed by atoms with Crippen LogP contribution in [0.25, 0.3) is 0 Å². The van der Waals surface area contributed by atoms with Crippen LogP contribution in [0.4, 0.5) is 0 Å². The fraction of sp³-hybridized carbons (Fsp3) is 0.500. The second kappa shape index (κ2) is 7.92. The van der Waals surface area contributed by atoms with E-state index in [1.165, 1.54) is 31.0 Å². The average Bonchev–Trinajstić information content (AvgIpc) is 3.05. The predicted molar refractivity (Wildman–Crippen MR) is 88.6 cm³/mol. The first-order valence-electron chi connectivity index (χ1n) is 7.72. The number of aromatic nitrogens is 2. The molecule has 4 nitrogen and oxygen atoms in total. The Labute approximate surface area is 137 Å². The summed E-state index contributed by atoms with van der Waals surface area (Å²) in [6.45, 7) is 0. The molecule has 1 aromatic carbocycles. The first kappa shape index (κ1) is 15.7. The fourth-order valence-corrected chi connectivity index (χ4v) is 4.74. The van der Waals surface area contributed by atoms with Gasteiger partial charge in [0.05, 0.1) is 10.8 Å². The molecule has 1 saturated carbocycles.